The van der Waals surface area contributed by atoms with E-state index in [2.05, 4.69) is 48.4 Å². The van der Waals surface area contributed by atoms with Gasteiger partial charge in [-0.25, -0.2) is 0 Å². The van der Waals surface area contributed by atoms with E-state index in [0.717, 1.165) is 11.3 Å². The van der Waals surface area contributed by atoms with Crippen molar-refractivity contribution in [2.45, 2.75) is 25.9 Å². The minimum absolute atomic E-state index is 0.491. The van der Waals surface area contributed by atoms with Gasteiger partial charge in [0.15, 0.2) is 0 Å². The molecule has 0 amide bonds. The van der Waals surface area contributed by atoms with Crippen molar-refractivity contribution in [1.29, 1.82) is 0 Å². The summed E-state index contributed by atoms with van der Waals surface area (Å²) in [6.45, 7) is 4.84. The van der Waals surface area contributed by atoms with Crippen LogP contribution in [0.3, 0.4) is 0 Å². The van der Waals surface area contributed by atoms with Crippen LogP contribution in [0.2, 0.25) is 0 Å². The van der Waals surface area contributed by atoms with Gasteiger partial charge in [0.05, 0.1) is 6.10 Å². The topological polar surface area (TPSA) is 45.1 Å². The average Bonchev–Trinajstić information content (AvgIpc) is 2.46. The van der Waals surface area contributed by atoms with E-state index in [9.17, 15) is 5.11 Å². The lowest BCUT2D eigenvalue weighted by Crippen LogP contribution is -2.12. The zero-order valence-electron chi connectivity index (χ0n) is 11.4. The molecule has 0 saturated carbocycles. The number of aromatic nitrogens is 1. The summed E-state index contributed by atoms with van der Waals surface area (Å²) < 4.78 is 0. The van der Waals surface area contributed by atoms with Gasteiger partial charge in [0.1, 0.15) is 0 Å². The lowest BCUT2D eigenvalue weighted by atomic mass is 10.0. The van der Waals surface area contributed by atoms with Crippen LogP contribution in [-0.2, 0) is 0 Å². The van der Waals surface area contributed by atoms with E-state index in [0.29, 0.717) is 12.5 Å². The fourth-order valence-electron chi connectivity index (χ4n) is 1.90. The predicted molar refractivity (Wildman–Crippen MR) is 78.2 cm³/mol. The SMILES string of the molecule is CC(C)c1ccc(NCC(O)c2ccncc2)cc1. The molecule has 1 aromatic heterocycles. The molecule has 1 atom stereocenters. The molecule has 0 aliphatic heterocycles. The minimum Gasteiger partial charge on any atom is -0.387 e. The average molecular weight is 256 g/mol. The summed E-state index contributed by atoms with van der Waals surface area (Å²) >= 11 is 0. The molecule has 3 heteroatoms. The molecule has 100 valence electrons. The van der Waals surface area contributed by atoms with Crippen LogP contribution in [-0.4, -0.2) is 16.6 Å². The highest BCUT2D eigenvalue weighted by atomic mass is 16.3. The second-order valence-corrected chi connectivity index (χ2v) is 4.95. The van der Waals surface area contributed by atoms with Gasteiger partial charge in [0.25, 0.3) is 0 Å². The molecule has 1 unspecified atom stereocenters. The molecule has 19 heavy (non-hydrogen) atoms. The van der Waals surface area contributed by atoms with E-state index in [1.165, 1.54) is 5.56 Å². The van der Waals surface area contributed by atoms with Gasteiger partial charge in [0, 0.05) is 24.6 Å². The van der Waals surface area contributed by atoms with Crippen molar-refractivity contribution in [2.24, 2.45) is 0 Å². The van der Waals surface area contributed by atoms with Crippen LogP contribution in [0.25, 0.3) is 0 Å². The predicted octanol–water partition coefficient (Wildman–Crippen LogP) is 3.35. The third-order valence-corrected chi connectivity index (χ3v) is 3.17. The third kappa shape index (κ3) is 3.80. The maximum absolute atomic E-state index is 10.0. The van der Waals surface area contributed by atoms with Crippen molar-refractivity contribution < 1.29 is 5.11 Å². The van der Waals surface area contributed by atoms with Crippen LogP contribution in [0.15, 0.2) is 48.8 Å². The largest absolute Gasteiger partial charge is 0.387 e. The van der Waals surface area contributed by atoms with Gasteiger partial charge in [-0.05, 0) is 41.3 Å². The number of nitrogens with zero attached hydrogens (tertiary/aromatic N) is 1. The van der Waals surface area contributed by atoms with Crippen molar-refractivity contribution >= 4 is 5.69 Å². The fourth-order valence-corrected chi connectivity index (χ4v) is 1.90. The summed E-state index contributed by atoms with van der Waals surface area (Å²) in [6, 6.07) is 12.0. The Balaban J connectivity index is 1.92. The van der Waals surface area contributed by atoms with Gasteiger partial charge in [0.2, 0.25) is 0 Å². The Hall–Kier alpha value is -1.87. The van der Waals surface area contributed by atoms with Crippen LogP contribution in [0.5, 0.6) is 0 Å². The molecule has 0 fully saturated rings. The molecule has 0 spiro atoms. The second-order valence-electron chi connectivity index (χ2n) is 4.95. The number of rotatable bonds is 5. The third-order valence-electron chi connectivity index (χ3n) is 3.17. The van der Waals surface area contributed by atoms with Gasteiger partial charge in [-0.3, -0.25) is 4.98 Å². The van der Waals surface area contributed by atoms with Crippen molar-refractivity contribution in [3.05, 3.63) is 59.9 Å². The molecule has 0 aliphatic carbocycles. The van der Waals surface area contributed by atoms with E-state index in [1.54, 1.807) is 12.4 Å². The Kier molecular flexibility index (Phi) is 4.53. The highest BCUT2D eigenvalue weighted by Gasteiger charge is 2.06. The lowest BCUT2D eigenvalue weighted by Gasteiger charge is -2.13. The molecule has 0 bridgehead atoms. The highest BCUT2D eigenvalue weighted by molar-refractivity contribution is 5.45. The Labute approximate surface area is 114 Å². The zero-order chi connectivity index (χ0) is 13.7. The van der Waals surface area contributed by atoms with E-state index < -0.39 is 6.10 Å². The van der Waals surface area contributed by atoms with Crippen LogP contribution in [0.1, 0.15) is 37.0 Å². The number of anilines is 1. The summed E-state index contributed by atoms with van der Waals surface area (Å²) in [5.74, 6) is 0.538. The molecule has 0 saturated heterocycles. The molecule has 0 radical (unpaired) electrons. The number of hydrogen-bond donors (Lipinski definition) is 2. The standard InChI is InChI=1S/C16H20N2O/c1-12(2)13-3-5-15(6-4-13)18-11-16(19)14-7-9-17-10-8-14/h3-10,12,16,18-19H,11H2,1-2H3. The summed E-state index contributed by atoms with van der Waals surface area (Å²) in [5.41, 5.74) is 3.22. The summed E-state index contributed by atoms with van der Waals surface area (Å²) in [6.07, 6.45) is 2.86. The van der Waals surface area contributed by atoms with E-state index in [4.69, 9.17) is 0 Å². The number of hydrogen-bond acceptors (Lipinski definition) is 3. The molecule has 2 N–H and O–H groups in total. The van der Waals surface area contributed by atoms with E-state index in [1.807, 2.05) is 12.1 Å². The second kappa shape index (κ2) is 6.34. The molecule has 2 rings (SSSR count). The quantitative estimate of drug-likeness (QED) is 0.862. The van der Waals surface area contributed by atoms with Crippen LogP contribution >= 0.6 is 0 Å². The first kappa shape index (κ1) is 13.6. The van der Waals surface area contributed by atoms with Crippen molar-refractivity contribution in [2.75, 3.05) is 11.9 Å². The van der Waals surface area contributed by atoms with Crippen LogP contribution < -0.4 is 5.32 Å². The lowest BCUT2D eigenvalue weighted by molar-refractivity contribution is 0.191. The van der Waals surface area contributed by atoms with Crippen molar-refractivity contribution in [1.82, 2.24) is 4.98 Å². The number of pyridine rings is 1. The Morgan fingerprint density at radius 2 is 1.63 bits per heavy atom. The Morgan fingerprint density at radius 1 is 1.00 bits per heavy atom. The summed E-state index contributed by atoms with van der Waals surface area (Å²) in [7, 11) is 0. The van der Waals surface area contributed by atoms with E-state index >= 15 is 0 Å². The molecule has 2 aromatic rings. The number of aliphatic hydroxyl groups is 1. The highest BCUT2D eigenvalue weighted by Crippen LogP contribution is 2.18. The molecule has 1 heterocycles. The maximum atomic E-state index is 10.0. The minimum atomic E-state index is -0.521. The monoisotopic (exact) mass is 256 g/mol. The molecule has 3 nitrogen and oxygen atoms in total. The molecular formula is C16H20N2O. The maximum Gasteiger partial charge on any atom is 0.0963 e. The van der Waals surface area contributed by atoms with Crippen LogP contribution in [0, 0.1) is 0 Å². The number of aliphatic hydroxyl groups excluding tert-OH is 1. The smallest absolute Gasteiger partial charge is 0.0963 e. The van der Waals surface area contributed by atoms with E-state index in [-0.39, 0.29) is 0 Å². The van der Waals surface area contributed by atoms with Crippen molar-refractivity contribution in [3.63, 3.8) is 0 Å². The first-order valence-corrected chi connectivity index (χ1v) is 6.58. The normalized spacial score (nSPS) is 12.4. The first-order chi connectivity index (χ1) is 9.16. The van der Waals surface area contributed by atoms with Gasteiger partial charge in [-0.15, -0.1) is 0 Å². The summed E-state index contributed by atoms with van der Waals surface area (Å²) in [4.78, 5) is 3.94. The van der Waals surface area contributed by atoms with Gasteiger partial charge in [-0.2, -0.15) is 0 Å². The van der Waals surface area contributed by atoms with Gasteiger partial charge < -0.3 is 10.4 Å². The Morgan fingerprint density at radius 3 is 2.21 bits per heavy atom. The van der Waals surface area contributed by atoms with Crippen LogP contribution in [0.4, 0.5) is 5.69 Å². The molecule has 1 aromatic carbocycles. The molecule has 0 aliphatic rings. The zero-order valence-corrected chi connectivity index (χ0v) is 11.4. The molecular weight excluding hydrogens is 236 g/mol. The van der Waals surface area contributed by atoms with Gasteiger partial charge >= 0.3 is 0 Å². The van der Waals surface area contributed by atoms with Crippen molar-refractivity contribution in [3.8, 4) is 0 Å². The fraction of sp³-hybridized carbons (Fsp3) is 0.312. The first-order valence-electron chi connectivity index (χ1n) is 6.58. The van der Waals surface area contributed by atoms with Gasteiger partial charge in [-0.1, -0.05) is 26.0 Å². The number of benzene rings is 1. The Bertz CT molecular complexity index is 494. The number of nitrogens with one attached hydrogen (secondary N) is 1. The summed E-state index contributed by atoms with van der Waals surface area (Å²) in [5, 5.41) is 13.3.